The molecule has 19 heavy (non-hydrogen) atoms. The number of carbonyl (C=O) groups is 1. The fraction of sp³-hybridized carbons (Fsp3) is 0.600. The molecule has 104 valence electrons. The van der Waals surface area contributed by atoms with Gasteiger partial charge in [-0.3, -0.25) is 14.7 Å². The second-order valence-electron chi connectivity index (χ2n) is 5.49. The summed E-state index contributed by atoms with van der Waals surface area (Å²) in [6, 6.07) is 6.06. The first kappa shape index (κ1) is 14.0. The van der Waals surface area contributed by atoms with Gasteiger partial charge in [0.25, 0.3) is 0 Å². The van der Waals surface area contributed by atoms with Crippen LogP contribution in [-0.4, -0.2) is 34.0 Å². The van der Waals surface area contributed by atoms with Gasteiger partial charge in [0.15, 0.2) is 0 Å². The van der Waals surface area contributed by atoms with Crippen molar-refractivity contribution in [1.29, 1.82) is 0 Å². The minimum atomic E-state index is -0.648. The standard InChI is InChI=1S/C15H22N2O2/c1-3-7-15(14(18)19)8-10-17(11-15)12(2)13-6-4-5-9-16-13/h4-6,9,12H,3,7-8,10-11H2,1-2H3,(H,18,19). The molecule has 0 aliphatic carbocycles. The molecule has 1 aromatic rings. The lowest BCUT2D eigenvalue weighted by Crippen LogP contribution is -2.35. The van der Waals surface area contributed by atoms with Crippen molar-refractivity contribution in [3.63, 3.8) is 0 Å². The zero-order valence-corrected chi connectivity index (χ0v) is 11.7. The van der Waals surface area contributed by atoms with Crippen LogP contribution in [0, 0.1) is 5.41 Å². The highest BCUT2D eigenvalue weighted by molar-refractivity contribution is 5.75. The molecule has 2 atom stereocenters. The van der Waals surface area contributed by atoms with Gasteiger partial charge in [-0.1, -0.05) is 19.4 Å². The van der Waals surface area contributed by atoms with E-state index >= 15 is 0 Å². The number of aromatic nitrogens is 1. The Kier molecular flexibility index (Phi) is 4.20. The molecule has 0 radical (unpaired) electrons. The average molecular weight is 262 g/mol. The minimum absolute atomic E-state index is 0.180. The van der Waals surface area contributed by atoms with Crippen LogP contribution in [0.1, 0.15) is 44.8 Å². The van der Waals surface area contributed by atoms with E-state index in [2.05, 4.69) is 23.7 Å². The molecule has 0 amide bonds. The number of likely N-dealkylation sites (tertiary alicyclic amines) is 1. The summed E-state index contributed by atoms with van der Waals surface area (Å²) in [4.78, 5) is 18.2. The lowest BCUT2D eigenvalue weighted by Gasteiger charge is -2.27. The molecule has 0 spiro atoms. The summed E-state index contributed by atoms with van der Waals surface area (Å²) < 4.78 is 0. The van der Waals surface area contributed by atoms with Gasteiger partial charge in [0, 0.05) is 18.8 Å². The van der Waals surface area contributed by atoms with E-state index in [1.54, 1.807) is 6.20 Å². The van der Waals surface area contributed by atoms with Gasteiger partial charge in [0.2, 0.25) is 0 Å². The van der Waals surface area contributed by atoms with Crippen molar-refractivity contribution in [2.75, 3.05) is 13.1 Å². The van der Waals surface area contributed by atoms with Gasteiger partial charge in [-0.25, -0.2) is 0 Å². The predicted molar refractivity (Wildman–Crippen MR) is 73.8 cm³/mol. The Morgan fingerprint density at radius 2 is 2.37 bits per heavy atom. The molecule has 0 aromatic carbocycles. The Hall–Kier alpha value is -1.42. The van der Waals surface area contributed by atoms with Gasteiger partial charge in [0.05, 0.1) is 11.1 Å². The van der Waals surface area contributed by atoms with E-state index in [-0.39, 0.29) is 6.04 Å². The first-order valence-corrected chi connectivity index (χ1v) is 6.97. The smallest absolute Gasteiger partial charge is 0.310 e. The normalized spacial score (nSPS) is 25.4. The van der Waals surface area contributed by atoms with E-state index < -0.39 is 11.4 Å². The van der Waals surface area contributed by atoms with Crippen molar-refractivity contribution in [2.24, 2.45) is 5.41 Å². The number of nitrogens with zero attached hydrogens (tertiary/aromatic N) is 2. The van der Waals surface area contributed by atoms with Crippen molar-refractivity contribution >= 4 is 5.97 Å². The van der Waals surface area contributed by atoms with E-state index in [4.69, 9.17) is 0 Å². The Morgan fingerprint density at radius 1 is 1.58 bits per heavy atom. The number of carboxylic acids is 1. The molecule has 2 heterocycles. The van der Waals surface area contributed by atoms with Crippen LogP contribution in [0.25, 0.3) is 0 Å². The van der Waals surface area contributed by atoms with Crippen LogP contribution in [0.3, 0.4) is 0 Å². The number of hydrogen-bond acceptors (Lipinski definition) is 3. The van der Waals surface area contributed by atoms with Crippen molar-refractivity contribution in [1.82, 2.24) is 9.88 Å². The average Bonchev–Trinajstić information content (AvgIpc) is 2.85. The van der Waals surface area contributed by atoms with Crippen LogP contribution >= 0.6 is 0 Å². The molecule has 1 fully saturated rings. The summed E-state index contributed by atoms with van der Waals surface area (Å²) in [6.45, 7) is 5.62. The third-order valence-corrected chi connectivity index (χ3v) is 4.23. The quantitative estimate of drug-likeness (QED) is 0.886. The summed E-state index contributed by atoms with van der Waals surface area (Å²) in [6.07, 6.45) is 4.21. The van der Waals surface area contributed by atoms with Crippen LogP contribution in [0.15, 0.2) is 24.4 Å². The predicted octanol–water partition coefficient (Wildman–Crippen LogP) is 2.72. The molecule has 1 aromatic heterocycles. The molecule has 0 bridgehead atoms. The van der Waals surface area contributed by atoms with Crippen LogP contribution in [-0.2, 0) is 4.79 Å². The Morgan fingerprint density at radius 3 is 2.95 bits per heavy atom. The zero-order valence-electron chi connectivity index (χ0n) is 11.7. The molecule has 4 nitrogen and oxygen atoms in total. The first-order chi connectivity index (χ1) is 9.09. The van der Waals surface area contributed by atoms with Gasteiger partial charge in [-0.05, 0) is 38.4 Å². The minimum Gasteiger partial charge on any atom is -0.481 e. The zero-order chi connectivity index (χ0) is 13.9. The molecular formula is C15H22N2O2. The van der Waals surface area contributed by atoms with E-state index in [1.807, 2.05) is 18.2 Å². The molecule has 1 aliphatic rings. The van der Waals surface area contributed by atoms with Crippen molar-refractivity contribution in [3.05, 3.63) is 30.1 Å². The number of pyridine rings is 1. The molecule has 2 rings (SSSR count). The second kappa shape index (κ2) is 5.70. The maximum Gasteiger partial charge on any atom is 0.310 e. The van der Waals surface area contributed by atoms with Gasteiger partial charge in [0.1, 0.15) is 0 Å². The maximum atomic E-state index is 11.6. The van der Waals surface area contributed by atoms with Crippen LogP contribution in [0.4, 0.5) is 0 Å². The van der Waals surface area contributed by atoms with E-state index in [0.29, 0.717) is 6.54 Å². The highest BCUT2D eigenvalue weighted by Gasteiger charge is 2.45. The monoisotopic (exact) mass is 262 g/mol. The largest absolute Gasteiger partial charge is 0.481 e. The SMILES string of the molecule is CCCC1(C(=O)O)CCN(C(C)c2ccccn2)C1. The van der Waals surface area contributed by atoms with E-state index in [1.165, 1.54) is 0 Å². The van der Waals surface area contributed by atoms with Gasteiger partial charge in [-0.15, -0.1) is 0 Å². The van der Waals surface area contributed by atoms with Crippen LogP contribution < -0.4 is 0 Å². The summed E-state index contributed by atoms with van der Waals surface area (Å²) in [7, 11) is 0. The molecular weight excluding hydrogens is 240 g/mol. The van der Waals surface area contributed by atoms with Crippen molar-refractivity contribution in [2.45, 2.75) is 39.2 Å². The third-order valence-electron chi connectivity index (χ3n) is 4.23. The molecule has 0 saturated carbocycles. The van der Waals surface area contributed by atoms with Gasteiger partial charge >= 0.3 is 5.97 Å². The Labute approximate surface area is 114 Å². The van der Waals surface area contributed by atoms with E-state index in [0.717, 1.165) is 31.5 Å². The summed E-state index contributed by atoms with van der Waals surface area (Å²) in [5.41, 5.74) is 0.456. The molecule has 1 N–H and O–H groups in total. The summed E-state index contributed by atoms with van der Waals surface area (Å²) in [5.74, 6) is -0.648. The van der Waals surface area contributed by atoms with Crippen LogP contribution in [0.5, 0.6) is 0 Å². The summed E-state index contributed by atoms with van der Waals surface area (Å²) >= 11 is 0. The summed E-state index contributed by atoms with van der Waals surface area (Å²) in [5, 5.41) is 9.52. The lowest BCUT2D eigenvalue weighted by molar-refractivity contribution is -0.148. The topological polar surface area (TPSA) is 53.4 Å². The van der Waals surface area contributed by atoms with Crippen molar-refractivity contribution < 1.29 is 9.90 Å². The molecule has 2 unspecified atom stereocenters. The third kappa shape index (κ3) is 2.78. The number of carboxylic acid groups (broad SMARTS) is 1. The molecule has 4 heteroatoms. The molecule has 1 saturated heterocycles. The number of aliphatic carboxylic acids is 1. The van der Waals surface area contributed by atoms with E-state index in [9.17, 15) is 9.90 Å². The van der Waals surface area contributed by atoms with Crippen LogP contribution in [0.2, 0.25) is 0 Å². The lowest BCUT2D eigenvalue weighted by atomic mass is 9.83. The highest BCUT2D eigenvalue weighted by Crippen LogP contribution is 2.38. The Balaban J connectivity index is 2.11. The van der Waals surface area contributed by atoms with Crippen molar-refractivity contribution in [3.8, 4) is 0 Å². The first-order valence-electron chi connectivity index (χ1n) is 6.97. The van der Waals surface area contributed by atoms with Gasteiger partial charge in [-0.2, -0.15) is 0 Å². The van der Waals surface area contributed by atoms with Gasteiger partial charge < -0.3 is 5.11 Å². The second-order valence-corrected chi connectivity index (χ2v) is 5.49. The number of hydrogen-bond donors (Lipinski definition) is 1. The highest BCUT2D eigenvalue weighted by atomic mass is 16.4. The molecule has 1 aliphatic heterocycles. The Bertz CT molecular complexity index is 435. The number of rotatable bonds is 5. The fourth-order valence-electron chi connectivity index (χ4n) is 3.01. The maximum absolute atomic E-state index is 11.6. The fourth-order valence-corrected chi connectivity index (χ4v) is 3.01.